The van der Waals surface area contributed by atoms with E-state index in [1.807, 2.05) is 6.07 Å². The van der Waals surface area contributed by atoms with Crippen molar-refractivity contribution in [1.29, 1.82) is 0 Å². The standard InChI is InChI=1S/C13H17FO/c14-12-6-3-5-10(8-12)11-4-1-2-7-13(15)9-11/h3,5-6,8,11,13,15H,1-2,4,7,9H2. The minimum atomic E-state index is -0.208. The lowest BCUT2D eigenvalue weighted by atomic mass is 9.91. The van der Waals surface area contributed by atoms with Crippen LogP contribution >= 0.6 is 0 Å². The molecule has 0 bridgehead atoms. The number of aliphatic hydroxyl groups is 1. The van der Waals surface area contributed by atoms with Gasteiger partial charge in [-0.1, -0.05) is 25.0 Å². The van der Waals surface area contributed by atoms with E-state index in [1.54, 1.807) is 12.1 Å². The Balaban J connectivity index is 2.14. The second kappa shape index (κ2) is 4.75. The minimum absolute atomic E-state index is 0.175. The van der Waals surface area contributed by atoms with E-state index in [-0.39, 0.29) is 11.9 Å². The van der Waals surface area contributed by atoms with E-state index in [9.17, 15) is 9.50 Å². The fourth-order valence-electron chi connectivity index (χ4n) is 2.40. The number of benzene rings is 1. The highest BCUT2D eigenvalue weighted by Gasteiger charge is 2.19. The Morgan fingerprint density at radius 2 is 2.00 bits per heavy atom. The van der Waals surface area contributed by atoms with Crippen molar-refractivity contribution in [3.05, 3.63) is 35.6 Å². The van der Waals surface area contributed by atoms with Gasteiger partial charge in [0.1, 0.15) is 5.82 Å². The molecule has 2 heteroatoms. The molecule has 1 aromatic rings. The first-order chi connectivity index (χ1) is 7.25. The molecule has 0 amide bonds. The van der Waals surface area contributed by atoms with Crippen molar-refractivity contribution in [2.75, 3.05) is 0 Å². The summed E-state index contributed by atoms with van der Waals surface area (Å²) in [6, 6.07) is 6.78. The highest BCUT2D eigenvalue weighted by atomic mass is 19.1. The van der Waals surface area contributed by atoms with Gasteiger partial charge in [0.25, 0.3) is 0 Å². The lowest BCUT2D eigenvalue weighted by Crippen LogP contribution is -2.09. The molecule has 0 heterocycles. The van der Waals surface area contributed by atoms with Crippen LogP contribution in [-0.2, 0) is 0 Å². The molecule has 2 unspecified atom stereocenters. The van der Waals surface area contributed by atoms with Crippen molar-refractivity contribution in [3.63, 3.8) is 0 Å². The molecule has 1 aliphatic carbocycles. The molecular weight excluding hydrogens is 191 g/mol. The quantitative estimate of drug-likeness (QED) is 0.702. The van der Waals surface area contributed by atoms with Gasteiger partial charge in [0, 0.05) is 0 Å². The van der Waals surface area contributed by atoms with E-state index in [4.69, 9.17) is 0 Å². The second-order valence-corrected chi connectivity index (χ2v) is 4.43. The Labute approximate surface area is 89.9 Å². The van der Waals surface area contributed by atoms with Crippen LogP contribution in [0.3, 0.4) is 0 Å². The maximum atomic E-state index is 13.1. The van der Waals surface area contributed by atoms with Crippen molar-refractivity contribution in [1.82, 2.24) is 0 Å². The molecule has 0 aromatic heterocycles. The van der Waals surface area contributed by atoms with E-state index < -0.39 is 0 Å². The molecule has 82 valence electrons. The molecule has 2 rings (SSSR count). The van der Waals surface area contributed by atoms with Crippen LogP contribution in [0.15, 0.2) is 24.3 Å². The molecule has 0 saturated heterocycles. The Hall–Kier alpha value is -0.890. The van der Waals surface area contributed by atoms with E-state index in [0.717, 1.165) is 37.7 Å². The van der Waals surface area contributed by atoms with Gasteiger partial charge in [-0.05, 0) is 42.9 Å². The summed E-state index contributed by atoms with van der Waals surface area (Å²) in [4.78, 5) is 0. The van der Waals surface area contributed by atoms with Gasteiger partial charge in [-0.15, -0.1) is 0 Å². The number of halogens is 1. The normalized spacial score (nSPS) is 27.3. The molecule has 0 spiro atoms. The van der Waals surface area contributed by atoms with Gasteiger partial charge in [-0.2, -0.15) is 0 Å². The average molecular weight is 208 g/mol. The van der Waals surface area contributed by atoms with E-state index in [2.05, 4.69) is 0 Å². The summed E-state index contributed by atoms with van der Waals surface area (Å²) in [7, 11) is 0. The Bertz CT molecular complexity index is 324. The van der Waals surface area contributed by atoms with E-state index >= 15 is 0 Å². The summed E-state index contributed by atoms with van der Waals surface area (Å²) in [6.07, 6.45) is 4.77. The summed E-state index contributed by atoms with van der Waals surface area (Å²) in [6.45, 7) is 0. The highest BCUT2D eigenvalue weighted by molar-refractivity contribution is 5.21. The van der Waals surface area contributed by atoms with Crippen molar-refractivity contribution in [2.45, 2.75) is 44.1 Å². The zero-order chi connectivity index (χ0) is 10.7. The fraction of sp³-hybridized carbons (Fsp3) is 0.538. The minimum Gasteiger partial charge on any atom is -0.393 e. The SMILES string of the molecule is OC1CCCCC(c2cccc(F)c2)C1. The molecular formula is C13H17FO. The second-order valence-electron chi connectivity index (χ2n) is 4.43. The number of hydrogen-bond acceptors (Lipinski definition) is 1. The predicted molar refractivity (Wildman–Crippen MR) is 58.2 cm³/mol. The van der Waals surface area contributed by atoms with Crippen LogP contribution < -0.4 is 0 Å². The first-order valence-electron chi connectivity index (χ1n) is 5.69. The Morgan fingerprint density at radius 1 is 1.20 bits per heavy atom. The van der Waals surface area contributed by atoms with Gasteiger partial charge in [-0.3, -0.25) is 0 Å². The van der Waals surface area contributed by atoms with Gasteiger partial charge in [0.2, 0.25) is 0 Å². The van der Waals surface area contributed by atoms with Crippen LogP contribution in [0.5, 0.6) is 0 Å². The molecule has 1 fully saturated rings. The van der Waals surface area contributed by atoms with Gasteiger partial charge in [-0.25, -0.2) is 4.39 Å². The third-order valence-corrected chi connectivity index (χ3v) is 3.22. The van der Waals surface area contributed by atoms with Crippen LogP contribution in [0.1, 0.15) is 43.6 Å². The van der Waals surface area contributed by atoms with Crippen LogP contribution in [-0.4, -0.2) is 11.2 Å². The van der Waals surface area contributed by atoms with Crippen molar-refractivity contribution in [2.24, 2.45) is 0 Å². The van der Waals surface area contributed by atoms with Gasteiger partial charge < -0.3 is 5.11 Å². The number of aliphatic hydroxyl groups excluding tert-OH is 1. The molecule has 2 atom stereocenters. The van der Waals surface area contributed by atoms with Crippen LogP contribution in [0.4, 0.5) is 4.39 Å². The zero-order valence-corrected chi connectivity index (χ0v) is 8.82. The maximum Gasteiger partial charge on any atom is 0.123 e. The first kappa shape index (κ1) is 10.6. The van der Waals surface area contributed by atoms with Crippen molar-refractivity contribution in [3.8, 4) is 0 Å². The van der Waals surface area contributed by atoms with Crippen LogP contribution in [0.25, 0.3) is 0 Å². The molecule has 0 radical (unpaired) electrons. The van der Waals surface area contributed by atoms with Gasteiger partial charge >= 0.3 is 0 Å². The fourth-order valence-corrected chi connectivity index (χ4v) is 2.40. The third-order valence-electron chi connectivity index (χ3n) is 3.22. The van der Waals surface area contributed by atoms with Crippen LogP contribution in [0.2, 0.25) is 0 Å². The number of hydrogen-bond donors (Lipinski definition) is 1. The van der Waals surface area contributed by atoms with Gasteiger partial charge in [0.05, 0.1) is 6.10 Å². The van der Waals surface area contributed by atoms with Crippen molar-refractivity contribution < 1.29 is 9.50 Å². The molecule has 1 aromatic carbocycles. The average Bonchev–Trinajstić information content (AvgIpc) is 2.43. The lowest BCUT2D eigenvalue weighted by molar-refractivity contribution is 0.152. The van der Waals surface area contributed by atoms with Crippen LogP contribution in [0, 0.1) is 5.82 Å². The monoisotopic (exact) mass is 208 g/mol. The zero-order valence-electron chi connectivity index (χ0n) is 8.82. The van der Waals surface area contributed by atoms with E-state index in [0.29, 0.717) is 5.92 Å². The summed E-state index contributed by atoms with van der Waals surface area (Å²) in [5.41, 5.74) is 1.04. The Morgan fingerprint density at radius 3 is 2.80 bits per heavy atom. The molecule has 1 nitrogen and oxygen atoms in total. The third kappa shape index (κ3) is 2.78. The Kier molecular flexibility index (Phi) is 3.37. The smallest absolute Gasteiger partial charge is 0.123 e. The highest BCUT2D eigenvalue weighted by Crippen LogP contribution is 2.31. The largest absolute Gasteiger partial charge is 0.393 e. The van der Waals surface area contributed by atoms with E-state index in [1.165, 1.54) is 6.07 Å². The summed E-state index contributed by atoms with van der Waals surface area (Å²) in [5, 5.41) is 9.70. The molecule has 1 N–H and O–H groups in total. The molecule has 15 heavy (non-hydrogen) atoms. The summed E-state index contributed by atoms with van der Waals surface area (Å²) in [5.74, 6) is 0.157. The molecule has 0 aliphatic heterocycles. The first-order valence-corrected chi connectivity index (χ1v) is 5.69. The van der Waals surface area contributed by atoms with Crippen molar-refractivity contribution >= 4 is 0 Å². The molecule has 1 aliphatic rings. The predicted octanol–water partition coefficient (Wildman–Crippen LogP) is 3.23. The maximum absolute atomic E-state index is 13.1. The van der Waals surface area contributed by atoms with Gasteiger partial charge in [0.15, 0.2) is 0 Å². The lowest BCUT2D eigenvalue weighted by Gasteiger charge is -2.16. The summed E-state index contributed by atoms with van der Waals surface area (Å²) >= 11 is 0. The molecule has 1 saturated carbocycles. The number of rotatable bonds is 1. The summed E-state index contributed by atoms with van der Waals surface area (Å²) < 4.78 is 13.1. The topological polar surface area (TPSA) is 20.2 Å².